The van der Waals surface area contributed by atoms with Crippen LogP contribution in [0.5, 0.6) is 0 Å². The van der Waals surface area contributed by atoms with Gasteiger partial charge in [-0.25, -0.2) is 4.39 Å². The van der Waals surface area contributed by atoms with Gasteiger partial charge in [-0.2, -0.15) is 0 Å². The lowest BCUT2D eigenvalue weighted by Gasteiger charge is -2.39. The molecule has 1 heterocycles. The van der Waals surface area contributed by atoms with Crippen molar-refractivity contribution in [1.82, 2.24) is 10.2 Å². The van der Waals surface area contributed by atoms with E-state index in [2.05, 4.69) is 17.1 Å². The van der Waals surface area contributed by atoms with Gasteiger partial charge in [0, 0.05) is 31.7 Å². The van der Waals surface area contributed by atoms with E-state index in [1.807, 2.05) is 0 Å². The number of nitrogens with one attached hydrogen (secondary N) is 1. The summed E-state index contributed by atoms with van der Waals surface area (Å²) in [4.78, 5) is 2.33. The number of hydrogen-bond acceptors (Lipinski definition) is 2. The summed E-state index contributed by atoms with van der Waals surface area (Å²) in [6.07, 6.45) is 3.88. The molecule has 2 unspecified atom stereocenters. The van der Waals surface area contributed by atoms with Gasteiger partial charge in [0.1, 0.15) is 6.67 Å². The molecule has 82 valence electrons. The molecule has 2 fully saturated rings. The zero-order valence-corrected chi connectivity index (χ0v) is 9.01. The van der Waals surface area contributed by atoms with Gasteiger partial charge in [-0.05, 0) is 25.2 Å². The van der Waals surface area contributed by atoms with Crippen molar-refractivity contribution in [1.29, 1.82) is 0 Å². The fraction of sp³-hybridized carbons (Fsp3) is 1.00. The van der Waals surface area contributed by atoms with Crippen molar-refractivity contribution in [3.8, 4) is 0 Å². The minimum absolute atomic E-state index is 0.201. The highest BCUT2D eigenvalue weighted by Crippen LogP contribution is 2.34. The molecule has 0 aromatic carbocycles. The summed E-state index contributed by atoms with van der Waals surface area (Å²) in [5.41, 5.74) is 0. The van der Waals surface area contributed by atoms with E-state index in [9.17, 15) is 4.39 Å². The van der Waals surface area contributed by atoms with E-state index in [-0.39, 0.29) is 6.67 Å². The van der Waals surface area contributed by atoms with Gasteiger partial charge in [-0.1, -0.05) is 6.92 Å². The average molecular weight is 200 g/mol. The quantitative estimate of drug-likeness (QED) is 0.738. The van der Waals surface area contributed by atoms with Crippen LogP contribution in [-0.4, -0.2) is 43.3 Å². The largest absolute Gasteiger partial charge is 0.311 e. The molecule has 2 aliphatic rings. The molecule has 1 saturated heterocycles. The summed E-state index contributed by atoms with van der Waals surface area (Å²) in [6.45, 7) is 4.73. The van der Waals surface area contributed by atoms with Gasteiger partial charge < -0.3 is 5.32 Å². The molecule has 0 spiro atoms. The van der Waals surface area contributed by atoms with Crippen molar-refractivity contribution >= 4 is 0 Å². The van der Waals surface area contributed by atoms with Crippen molar-refractivity contribution in [3.63, 3.8) is 0 Å². The van der Waals surface area contributed by atoms with Crippen molar-refractivity contribution in [3.05, 3.63) is 0 Å². The van der Waals surface area contributed by atoms with Crippen LogP contribution in [0.3, 0.4) is 0 Å². The lowest BCUT2D eigenvalue weighted by molar-refractivity contribution is 0.111. The van der Waals surface area contributed by atoms with Gasteiger partial charge in [-0.15, -0.1) is 0 Å². The van der Waals surface area contributed by atoms with Gasteiger partial charge in [0.15, 0.2) is 0 Å². The number of alkyl halides is 1. The Morgan fingerprint density at radius 3 is 2.79 bits per heavy atom. The van der Waals surface area contributed by atoms with Crippen LogP contribution < -0.4 is 5.32 Å². The Bertz CT molecular complexity index is 182. The Morgan fingerprint density at radius 1 is 1.43 bits per heavy atom. The Labute approximate surface area is 85.9 Å². The highest BCUT2D eigenvalue weighted by atomic mass is 19.1. The first-order chi connectivity index (χ1) is 6.85. The van der Waals surface area contributed by atoms with E-state index in [1.165, 1.54) is 12.8 Å². The van der Waals surface area contributed by atoms with Crippen molar-refractivity contribution in [2.75, 3.05) is 26.3 Å². The summed E-state index contributed by atoms with van der Waals surface area (Å²) >= 11 is 0. The molecule has 1 saturated carbocycles. The summed E-state index contributed by atoms with van der Waals surface area (Å²) < 4.78 is 12.4. The fourth-order valence-electron chi connectivity index (χ4n) is 2.48. The van der Waals surface area contributed by atoms with E-state index in [0.717, 1.165) is 25.4 Å². The van der Waals surface area contributed by atoms with Crippen LogP contribution in [-0.2, 0) is 0 Å². The predicted octanol–water partition coefficient (Wildman–Crippen LogP) is 1.42. The van der Waals surface area contributed by atoms with E-state index < -0.39 is 0 Å². The maximum absolute atomic E-state index is 12.4. The molecule has 14 heavy (non-hydrogen) atoms. The summed E-state index contributed by atoms with van der Waals surface area (Å²) in [5.74, 6) is 0.884. The first kappa shape index (κ1) is 10.4. The summed E-state index contributed by atoms with van der Waals surface area (Å²) in [6, 6.07) is 1.20. The average Bonchev–Trinajstić information content (AvgIpc) is 3.01. The van der Waals surface area contributed by atoms with Gasteiger partial charge in [-0.3, -0.25) is 4.90 Å². The van der Waals surface area contributed by atoms with Crippen LogP contribution in [0.25, 0.3) is 0 Å². The van der Waals surface area contributed by atoms with Crippen LogP contribution >= 0.6 is 0 Å². The van der Waals surface area contributed by atoms with Crippen LogP contribution in [0.15, 0.2) is 0 Å². The zero-order valence-electron chi connectivity index (χ0n) is 9.01. The first-order valence-corrected chi connectivity index (χ1v) is 5.88. The minimum Gasteiger partial charge on any atom is -0.311 e. The lowest BCUT2D eigenvalue weighted by atomic mass is 10.0. The van der Waals surface area contributed by atoms with Crippen LogP contribution in [0.2, 0.25) is 0 Å². The van der Waals surface area contributed by atoms with Crippen molar-refractivity contribution in [2.45, 2.75) is 38.3 Å². The van der Waals surface area contributed by atoms with Crippen LogP contribution in [0.1, 0.15) is 26.2 Å². The van der Waals surface area contributed by atoms with Crippen molar-refractivity contribution < 1.29 is 4.39 Å². The maximum Gasteiger partial charge on any atom is 0.102 e. The van der Waals surface area contributed by atoms with Gasteiger partial charge >= 0.3 is 0 Å². The monoisotopic (exact) mass is 200 g/mol. The van der Waals surface area contributed by atoms with E-state index >= 15 is 0 Å². The second-order valence-electron chi connectivity index (χ2n) is 4.60. The molecule has 0 amide bonds. The predicted molar refractivity (Wildman–Crippen MR) is 56.1 cm³/mol. The molecule has 3 heteroatoms. The third kappa shape index (κ3) is 2.26. The van der Waals surface area contributed by atoms with Gasteiger partial charge in [0.25, 0.3) is 0 Å². The molecule has 0 radical (unpaired) electrons. The Morgan fingerprint density at radius 2 is 2.21 bits per heavy atom. The lowest BCUT2D eigenvalue weighted by Crippen LogP contribution is -2.57. The number of rotatable bonds is 4. The standard InChI is InChI=1S/C11H21FN2/c1-2-10-7-13-11(9-3-4-9)8-14(10)6-5-12/h9-11,13H,2-8H2,1H3. The molecule has 2 atom stereocenters. The minimum atomic E-state index is -0.201. The third-order valence-corrected chi connectivity index (χ3v) is 3.60. The highest BCUT2D eigenvalue weighted by molar-refractivity contribution is 4.94. The van der Waals surface area contributed by atoms with E-state index in [0.29, 0.717) is 18.6 Å². The molecule has 2 rings (SSSR count). The number of hydrogen-bond donors (Lipinski definition) is 1. The molecule has 1 aliphatic heterocycles. The Balaban J connectivity index is 1.86. The molecular weight excluding hydrogens is 179 g/mol. The van der Waals surface area contributed by atoms with Gasteiger partial charge in [0.05, 0.1) is 0 Å². The summed E-state index contributed by atoms with van der Waals surface area (Å²) in [5, 5.41) is 3.61. The second kappa shape index (κ2) is 4.58. The highest BCUT2D eigenvalue weighted by Gasteiger charge is 2.36. The van der Waals surface area contributed by atoms with Crippen LogP contribution in [0.4, 0.5) is 4.39 Å². The number of halogens is 1. The molecule has 1 aliphatic carbocycles. The second-order valence-corrected chi connectivity index (χ2v) is 4.60. The normalized spacial score (nSPS) is 34.7. The number of piperazine rings is 1. The fourth-order valence-corrected chi connectivity index (χ4v) is 2.48. The van der Waals surface area contributed by atoms with E-state index in [1.54, 1.807) is 0 Å². The topological polar surface area (TPSA) is 15.3 Å². The maximum atomic E-state index is 12.4. The van der Waals surface area contributed by atoms with Crippen LogP contribution in [0, 0.1) is 5.92 Å². The molecule has 2 nitrogen and oxygen atoms in total. The smallest absolute Gasteiger partial charge is 0.102 e. The zero-order chi connectivity index (χ0) is 9.97. The van der Waals surface area contributed by atoms with Gasteiger partial charge in [0.2, 0.25) is 0 Å². The van der Waals surface area contributed by atoms with Crippen molar-refractivity contribution in [2.24, 2.45) is 5.92 Å². The molecule has 0 aromatic heterocycles. The Kier molecular flexibility index (Phi) is 3.39. The molecular formula is C11H21FN2. The van der Waals surface area contributed by atoms with E-state index in [4.69, 9.17) is 0 Å². The molecule has 0 aromatic rings. The number of nitrogens with zero attached hydrogens (tertiary/aromatic N) is 1. The third-order valence-electron chi connectivity index (χ3n) is 3.60. The SMILES string of the molecule is CCC1CNC(C2CC2)CN1CCF. The first-order valence-electron chi connectivity index (χ1n) is 5.88. The summed E-state index contributed by atoms with van der Waals surface area (Å²) in [7, 11) is 0. The molecule has 0 bridgehead atoms. The molecule has 1 N–H and O–H groups in total. The Hall–Kier alpha value is -0.150.